The zero-order valence-corrected chi connectivity index (χ0v) is 23.3. The fourth-order valence-electron chi connectivity index (χ4n) is 4.05. The molecule has 9 heteroatoms. The number of ether oxygens (including phenoxy) is 2. The predicted molar refractivity (Wildman–Crippen MR) is 149 cm³/mol. The van der Waals surface area contributed by atoms with E-state index in [0.29, 0.717) is 38.0 Å². The molecule has 0 spiro atoms. The molecule has 0 fully saturated rings. The van der Waals surface area contributed by atoms with Gasteiger partial charge in [0, 0.05) is 15.5 Å². The van der Waals surface area contributed by atoms with E-state index >= 15 is 0 Å². The van der Waals surface area contributed by atoms with Crippen LogP contribution >= 0.6 is 38.9 Å². The summed E-state index contributed by atoms with van der Waals surface area (Å²) in [7, 11) is 0. The number of carbonyl (C=O) groups excluding carboxylic acids is 2. The molecule has 6 nitrogen and oxygen atoms in total. The topological polar surface area (TPSA) is 88.4 Å². The van der Waals surface area contributed by atoms with Crippen LogP contribution in [0.5, 0.6) is 5.75 Å². The van der Waals surface area contributed by atoms with Gasteiger partial charge in [0.15, 0.2) is 0 Å². The molecule has 1 aliphatic rings. The number of halogens is 2. The number of nitrogens with one attached hydrogen (secondary N) is 1. The number of anilines is 1. The number of hydrogen-bond acceptors (Lipinski definition) is 6. The maximum absolute atomic E-state index is 13.0. The van der Waals surface area contributed by atoms with Crippen LogP contribution in [0.25, 0.3) is 6.08 Å². The largest absolute Gasteiger partial charge is 0.488 e. The molecule has 190 valence electrons. The van der Waals surface area contributed by atoms with Crippen LogP contribution < -0.4 is 10.1 Å². The molecule has 0 saturated carbocycles. The second-order valence-corrected chi connectivity index (χ2v) is 10.7. The third-order valence-corrected chi connectivity index (χ3v) is 8.05. The summed E-state index contributed by atoms with van der Waals surface area (Å²) in [4.78, 5) is 26.8. The van der Waals surface area contributed by atoms with Crippen LogP contribution in [0.15, 0.2) is 52.5 Å². The molecule has 37 heavy (non-hydrogen) atoms. The second-order valence-electron chi connectivity index (χ2n) is 8.33. The first-order valence-corrected chi connectivity index (χ1v) is 13.8. The van der Waals surface area contributed by atoms with Crippen molar-refractivity contribution in [3.05, 3.63) is 84.7 Å². The van der Waals surface area contributed by atoms with Gasteiger partial charge in [0.25, 0.3) is 5.91 Å². The highest BCUT2D eigenvalue weighted by Gasteiger charge is 2.27. The Hall–Kier alpha value is -3.12. The first kappa shape index (κ1) is 26.9. The van der Waals surface area contributed by atoms with Crippen molar-refractivity contribution in [2.75, 3.05) is 11.9 Å². The molecule has 1 aromatic heterocycles. The van der Waals surface area contributed by atoms with E-state index < -0.39 is 11.9 Å². The number of nitrogens with zero attached hydrogens (tertiary/aromatic N) is 1. The fourth-order valence-corrected chi connectivity index (χ4v) is 6.03. The van der Waals surface area contributed by atoms with Crippen LogP contribution in [0.1, 0.15) is 51.7 Å². The minimum absolute atomic E-state index is 0.0854. The van der Waals surface area contributed by atoms with Crippen LogP contribution in [0.4, 0.5) is 5.00 Å². The third-order valence-electron chi connectivity index (χ3n) is 5.85. The second kappa shape index (κ2) is 12.4. The Kier molecular flexibility index (Phi) is 9.04. The number of amides is 1. The average Bonchev–Trinajstić information content (AvgIpc) is 3.25. The summed E-state index contributed by atoms with van der Waals surface area (Å²) < 4.78 is 11.8. The van der Waals surface area contributed by atoms with E-state index in [9.17, 15) is 14.9 Å². The van der Waals surface area contributed by atoms with Gasteiger partial charge in [-0.05, 0) is 83.9 Å². The summed E-state index contributed by atoms with van der Waals surface area (Å²) in [6.07, 6.45) is 5.16. The normalized spacial score (nSPS) is 12.9. The molecule has 3 aromatic rings. The Balaban J connectivity index is 1.52. The average molecular weight is 600 g/mol. The van der Waals surface area contributed by atoms with Crippen molar-refractivity contribution in [1.82, 2.24) is 0 Å². The molecule has 0 unspecified atom stereocenters. The molecule has 0 aliphatic heterocycles. The number of rotatable bonds is 8. The Morgan fingerprint density at radius 3 is 2.73 bits per heavy atom. The summed E-state index contributed by atoms with van der Waals surface area (Å²) in [5, 5.41) is 13.5. The van der Waals surface area contributed by atoms with E-state index in [2.05, 4.69) is 21.2 Å². The van der Waals surface area contributed by atoms with Crippen molar-refractivity contribution in [3.63, 3.8) is 0 Å². The summed E-state index contributed by atoms with van der Waals surface area (Å²) in [5.41, 5.74) is 2.78. The molecule has 0 saturated heterocycles. The van der Waals surface area contributed by atoms with Crippen molar-refractivity contribution >= 4 is 61.8 Å². The van der Waals surface area contributed by atoms with Gasteiger partial charge in [-0.15, -0.1) is 11.3 Å². The van der Waals surface area contributed by atoms with E-state index in [0.717, 1.165) is 41.7 Å². The van der Waals surface area contributed by atoms with Gasteiger partial charge in [0.2, 0.25) is 0 Å². The van der Waals surface area contributed by atoms with Crippen molar-refractivity contribution < 1.29 is 19.1 Å². The Morgan fingerprint density at radius 2 is 2.00 bits per heavy atom. The molecule has 2 aromatic carbocycles. The van der Waals surface area contributed by atoms with Gasteiger partial charge in [0.05, 0.1) is 16.6 Å². The lowest BCUT2D eigenvalue weighted by Crippen LogP contribution is -2.16. The van der Waals surface area contributed by atoms with Gasteiger partial charge >= 0.3 is 5.97 Å². The summed E-state index contributed by atoms with van der Waals surface area (Å²) >= 11 is 11.1. The molecule has 0 radical (unpaired) electrons. The third kappa shape index (κ3) is 6.42. The highest BCUT2D eigenvalue weighted by Crippen LogP contribution is 2.39. The Morgan fingerprint density at radius 1 is 1.22 bits per heavy atom. The first-order chi connectivity index (χ1) is 17.9. The lowest BCUT2D eigenvalue weighted by atomic mass is 9.95. The minimum Gasteiger partial charge on any atom is -0.488 e. The van der Waals surface area contributed by atoms with Crippen molar-refractivity contribution in [2.24, 2.45) is 0 Å². The highest BCUT2D eigenvalue weighted by atomic mass is 79.9. The number of esters is 1. The van der Waals surface area contributed by atoms with Crippen molar-refractivity contribution in [3.8, 4) is 11.8 Å². The molecule has 1 heterocycles. The molecule has 1 N–H and O–H groups in total. The van der Waals surface area contributed by atoms with Crippen molar-refractivity contribution in [2.45, 2.75) is 39.2 Å². The van der Waals surface area contributed by atoms with Crippen LogP contribution in [0.2, 0.25) is 5.02 Å². The summed E-state index contributed by atoms with van der Waals surface area (Å²) in [6, 6.07) is 14.7. The van der Waals surface area contributed by atoms with Crippen LogP contribution in [0.3, 0.4) is 0 Å². The summed E-state index contributed by atoms with van der Waals surface area (Å²) in [6.45, 7) is 2.29. The molecule has 1 aliphatic carbocycles. The number of fused-ring (bicyclic) bond motifs is 1. The van der Waals surface area contributed by atoms with Gasteiger partial charge in [-0.25, -0.2) is 4.79 Å². The van der Waals surface area contributed by atoms with E-state index in [4.69, 9.17) is 21.1 Å². The molecule has 4 rings (SSSR count). The van der Waals surface area contributed by atoms with Gasteiger partial charge in [-0.2, -0.15) is 5.26 Å². The highest BCUT2D eigenvalue weighted by molar-refractivity contribution is 9.10. The van der Waals surface area contributed by atoms with Crippen molar-refractivity contribution in [1.29, 1.82) is 5.26 Å². The zero-order chi connectivity index (χ0) is 26.4. The van der Waals surface area contributed by atoms with Crippen LogP contribution in [-0.4, -0.2) is 18.5 Å². The SMILES string of the molecule is CCOC(=O)c1c(NC(=O)/C(C#N)=C/c2ccc(OCc3ccccc3Cl)c(Br)c2)sc2c1CCCC2. The summed E-state index contributed by atoms with van der Waals surface area (Å²) in [5.74, 6) is -0.430. The monoisotopic (exact) mass is 598 g/mol. The van der Waals surface area contributed by atoms with E-state index in [1.54, 1.807) is 31.2 Å². The van der Waals surface area contributed by atoms with Crippen LogP contribution in [0, 0.1) is 11.3 Å². The van der Waals surface area contributed by atoms with Crippen LogP contribution in [-0.2, 0) is 29.0 Å². The predicted octanol–water partition coefficient (Wildman–Crippen LogP) is 7.34. The lowest BCUT2D eigenvalue weighted by molar-refractivity contribution is -0.112. The van der Waals surface area contributed by atoms with Gasteiger partial charge in [0.1, 0.15) is 29.0 Å². The molecule has 1 amide bonds. The number of benzene rings is 2. The quantitative estimate of drug-likeness (QED) is 0.166. The number of nitriles is 1. The fraction of sp³-hybridized carbons (Fsp3) is 0.250. The maximum atomic E-state index is 13.0. The smallest absolute Gasteiger partial charge is 0.341 e. The number of aryl methyl sites for hydroxylation is 1. The zero-order valence-electron chi connectivity index (χ0n) is 20.1. The van der Waals surface area contributed by atoms with Gasteiger partial charge < -0.3 is 14.8 Å². The molecule has 0 bridgehead atoms. The number of thiophene rings is 1. The minimum atomic E-state index is -0.582. The molecule has 0 atom stereocenters. The number of hydrogen-bond donors (Lipinski definition) is 1. The Bertz CT molecular complexity index is 1410. The molecular formula is C28H24BrClN2O4S. The van der Waals surface area contributed by atoms with E-state index in [1.165, 1.54) is 17.4 Å². The number of carbonyl (C=O) groups is 2. The van der Waals surface area contributed by atoms with E-state index in [-0.39, 0.29) is 12.2 Å². The van der Waals surface area contributed by atoms with Gasteiger partial charge in [-0.3, -0.25) is 4.79 Å². The van der Waals surface area contributed by atoms with E-state index in [1.807, 2.05) is 24.3 Å². The molecular weight excluding hydrogens is 576 g/mol. The Labute approximate surface area is 233 Å². The maximum Gasteiger partial charge on any atom is 0.341 e. The first-order valence-electron chi connectivity index (χ1n) is 11.8. The van der Waals surface area contributed by atoms with Gasteiger partial charge in [-0.1, -0.05) is 35.9 Å². The standard InChI is InChI=1S/C28H24BrClN2O4S/c1-2-35-28(34)25-20-8-4-6-10-24(20)37-27(25)32-26(33)19(15-31)13-17-11-12-23(21(29)14-17)36-16-18-7-3-5-9-22(18)30/h3,5,7,9,11-14H,2,4,6,8,10,16H2,1H3,(H,32,33)/b19-13+. The lowest BCUT2D eigenvalue weighted by Gasteiger charge is -2.12.